The summed E-state index contributed by atoms with van der Waals surface area (Å²) >= 11 is 0. The lowest BCUT2D eigenvalue weighted by atomic mass is 10.3. The zero-order chi connectivity index (χ0) is 13.9. The molecule has 21 heavy (non-hydrogen) atoms. The van der Waals surface area contributed by atoms with Crippen molar-refractivity contribution in [1.82, 2.24) is 15.3 Å². The van der Waals surface area contributed by atoms with Crippen LogP contribution in [0.25, 0.3) is 11.0 Å². The lowest BCUT2D eigenvalue weighted by molar-refractivity contribution is 0.0118. The number of nitrogens with zero attached hydrogens (tertiary/aromatic N) is 2. The quantitative estimate of drug-likeness (QED) is 0.890. The van der Waals surface area contributed by atoms with Crippen LogP contribution >= 0.6 is 24.8 Å². The molecule has 1 aromatic heterocycles. The highest BCUT2D eigenvalue weighted by molar-refractivity contribution is 5.93. The Kier molecular flexibility index (Phi) is 7.42. The smallest absolute Gasteiger partial charge is 0.277 e. The molecule has 0 saturated carbocycles. The first-order valence-electron chi connectivity index (χ1n) is 5.60. The van der Waals surface area contributed by atoms with Gasteiger partial charge in [0, 0.05) is 0 Å². The number of carbonyl (C=O) groups is 1. The van der Waals surface area contributed by atoms with E-state index in [9.17, 15) is 13.6 Å². The molecular weight excluding hydrogens is 325 g/mol. The highest BCUT2D eigenvalue weighted by atomic mass is 35.5. The van der Waals surface area contributed by atoms with E-state index in [0.717, 1.165) is 0 Å². The van der Waals surface area contributed by atoms with E-state index in [4.69, 9.17) is 5.73 Å². The number of amides is 1. The molecule has 0 atom stereocenters. The van der Waals surface area contributed by atoms with Gasteiger partial charge in [0.2, 0.25) is 0 Å². The Balaban J connectivity index is 0.00000200. The fraction of sp³-hybridized carbons (Fsp3) is 0.250. The second kappa shape index (κ2) is 8.02. The highest BCUT2D eigenvalue weighted by Crippen LogP contribution is 2.10. The van der Waals surface area contributed by atoms with Crippen LogP contribution in [0.15, 0.2) is 30.5 Å². The fourth-order valence-electron chi connectivity index (χ4n) is 1.44. The summed E-state index contributed by atoms with van der Waals surface area (Å²) in [6, 6.07) is 6.97. The van der Waals surface area contributed by atoms with Gasteiger partial charge in [-0.15, -0.1) is 24.8 Å². The van der Waals surface area contributed by atoms with E-state index < -0.39 is 24.9 Å². The molecule has 5 nitrogen and oxygen atoms in total. The number of carbonyl (C=O) groups excluding carboxylic acids is 1. The monoisotopic (exact) mass is 338 g/mol. The molecular formula is C12H14Cl2F2N4O. The zero-order valence-corrected chi connectivity index (χ0v) is 12.4. The molecule has 1 heterocycles. The summed E-state index contributed by atoms with van der Waals surface area (Å²) < 4.78 is 25.8. The molecule has 0 fully saturated rings. The molecule has 0 aliphatic carbocycles. The minimum Gasteiger partial charge on any atom is -0.345 e. The van der Waals surface area contributed by atoms with E-state index in [2.05, 4.69) is 15.3 Å². The predicted molar refractivity (Wildman–Crippen MR) is 80.4 cm³/mol. The van der Waals surface area contributed by atoms with Crippen molar-refractivity contribution in [3.05, 3.63) is 36.2 Å². The van der Waals surface area contributed by atoms with Gasteiger partial charge in [-0.3, -0.25) is 9.78 Å². The van der Waals surface area contributed by atoms with Crippen LogP contribution in [-0.4, -0.2) is 34.9 Å². The number of hydrogen-bond acceptors (Lipinski definition) is 4. The summed E-state index contributed by atoms with van der Waals surface area (Å²) in [5, 5.41) is 2.08. The Bertz CT molecular complexity index is 613. The molecule has 0 radical (unpaired) electrons. The Morgan fingerprint density at radius 3 is 2.48 bits per heavy atom. The molecule has 0 unspecified atom stereocenters. The third-order valence-electron chi connectivity index (χ3n) is 2.49. The minimum absolute atomic E-state index is 0. The third-order valence-corrected chi connectivity index (χ3v) is 2.49. The first kappa shape index (κ1) is 19.4. The van der Waals surface area contributed by atoms with Crippen LogP contribution in [0.3, 0.4) is 0 Å². The largest absolute Gasteiger partial charge is 0.345 e. The molecule has 2 aromatic rings. The average Bonchev–Trinajstić information content (AvgIpc) is 2.44. The highest BCUT2D eigenvalue weighted by Gasteiger charge is 2.27. The van der Waals surface area contributed by atoms with Gasteiger partial charge in [-0.2, -0.15) is 0 Å². The van der Waals surface area contributed by atoms with Crippen LogP contribution in [0, 0.1) is 0 Å². The number of halogens is 4. The van der Waals surface area contributed by atoms with E-state index in [-0.39, 0.29) is 30.5 Å². The molecule has 0 spiro atoms. The molecule has 0 saturated heterocycles. The van der Waals surface area contributed by atoms with Crippen molar-refractivity contribution in [2.75, 3.05) is 13.1 Å². The number of nitrogens with one attached hydrogen (secondary N) is 1. The normalized spacial score (nSPS) is 10.4. The van der Waals surface area contributed by atoms with Gasteiger partial charge < -0.3 is 11.1 Å². The Morgan fingerprint density at radius 1 is 1.24 bits per heavy atom. The summed E-state index contributed by atoms with van der Waals surface area (Å²) in [6.45, 7) is -1.65. The molecule has 3 N–H and O–H groups in total. The van der Waals surface area contributed by atoms with E-state index in [1.807, 2.05) is 0 Å². The van der Waals surface area contributed by atoms with Crippen molar-refractivity contribution < 1.29 is 13.6 Å². The van der Waals surface area contributed by atoms with Gasteiger partial charge in [0.05, 0.1) is 30.3 Å². The van der Waals surface area contributed by atoms with Gasteiger partial charge in [-0.05, 0) is 12.1 Å². The molecule has 1 amide bonds. The molecule has 1 aromatic carbocycles. The summed E-state index contributed by atoms with van der Waals surface area (Å²) in [5.74, 6) is -3.83. The van der Waals surface area contributed by atoms with Crippen LogP contribution in [-0.2, 0) is 0 Å². The van der Waals surface area contributed by atoms with Crippen molar-refractivity contribution in [3.8, 4) is 0 Å². The SMILES string of the molecule is Cl.Cl.NCC(F)(F)CNC(=O)c1cnc2ccccc2n1. The third kappa shape index (κ3) is 5.04. The van der Waals surface area contributed by atoms with E-state index in [0.29, 0.717) is 11.0 Å². The zero-order valence-electron chi connectivity index (χ0n) is 10.8. The van der Waals surface area contributed by atoms with E-state index >= 15 is 0 Å². The lowest BCUT2D eigenvalue weighted by Crippen LogP contribution is -2.41. The van der Waals surface area contributed by atoms with Crippen molar-refractivity contribution in [2.24, 2.45) is 5.73 Å². The second-order valence-corrected chi connectivity index (χ2v) is 3.99. The second-order valence-electron chi connectivity index (χ2n) is 3.99. The van der Waals surface area contributed by atoms with E-state index in [1.165, 1.54) is 6.20 Å². The molecule has 2 rings (SSSR count). The predicted octanol–water partition coefficient (Wildman–Crippen LogP) is 1.80. The fourth-order valence-corrected chi connectivity index (χ4v) is 1.44. The maximum Gasteiger partial charge on any atom is 0.277 e. The topological polar surface area (TPSA) is 80.9 Å². The summed E-state index contributed by atoms with van der Waals surface area (Å²) in [5.41, 5.74) is 6.03. The number of aromatic nitrogens is 2. The van der Waals surface area contributed by atoms with Gasteiger partial charge in [-0.1, -0.05) is 12.1 Å². The number of hydrogen-bond donors (Lipinski definition) is 2. The van der Waals surface area contributed by atoms with Crippen molar-refractivity contribution in [1.29, 1.82) is 0 Å². The molecule has 9 heteroatoms. The summed E-state index contributed by atoms with van der Waals surface area (Å²) in [7, 11) is 0. The van der Waals surface area contributed by atoms with Crippen molar-refractivity contribution in [3.63, 3.8) is 0 Å². The Labute approximate surface area is 132 Å². The summed E-state index contributed by atoms with van der Waals surface area (Å²) in [6.07, 6.45) is 1.25. The van der Waals surface area contributed by atoms with Crippen LogP contribution < -0.4 is 11.1 Å². The van der Waals surface area contributed by atoms with Gasteiger partial charge in [0.1, 0.15) is 5.69 Å². The van der Waals surface area contributed by atoms with Crippen LogP contribution in [0.2, 0.25) is 0 Å². The maximum absolute atomic E-state index is 12.9. The standard InChI is InChI=1S/C12H12F2N4O.2ClH/c13-12(14,6-15)7-17-11(19)10-5-16-8-3-1-2-4-9(8)18-10;;/h1-5H,6-7,15H2,(H,17,19);2*1H. The van der Waals surface area contributed by atoms with Crippen LogP contribution in [0.5, 0.6) is 0 Å². The number of nitrogens with two attached hydrogens (primary N) is 1. The number of alkyl halides is 2. The molecule has 0 bridgehead atoms. The van der Waals surface area contributed by atoms with Crippen molar-refractivity contribution in [2.45, 2.75) is 5.92 Å². The summed E-state index contributed by atoms with van der Waals surface area (Å²) in [4.78, 5) is 19.7. The first-order chi connectivity index (χ1) is 9.02. The minimum atomic E-state index is -3.13. The Hall–Kier alpha value is -1.57. The Morgan fingerprint density at radius 2 is 1.86 bits per heavy atom. The van der Waals surface area contributed by atoms with Crippen molar-refractivity contribution >= 4 is 41.8 Å². The number of para-hydroxylation sites is 2. The van der Waals surface area contributed by atoms with Gasteiger partial charge in [0.15, 0.2) is 0 Å². The number of benzene rings is 1. The number of fused-ring (bicyclic) bond motifs is 1. The van der Waals surface area contributed by atoms with Crippen LogP contribution in [0.1, 0.15) is 10.5 Å². The molecule has 0 aliphatic rings. The molecule has 0 aliphatic heterocycles. The average molecular weight is 339 g/mol. The molecule has 116 valence electrons. The van der Waals surface area contributed by atoms with Gasteiger partial charge in [-0.25, -0.2) is 13.8 Å². The van der Waals surface area contributed by atoms with Gasteiger partial charge >= 0.3 is 0 Å². The number of rotatable bonds is 4. The van der Waals surface area contributed by atoms with Crippen LogP contribution in [0.4, 0.5) is 8.78 Å². The van der Waals surface area contributed by atoms with E-state index in [1.54, 1.807) is 24.3 Å². The first-order valence-corrected chi connectivity index (χ1v) is 5.60. The lowest BCUT2D eigenvalue weighted by Gasteiger charge is -2.14. The van der Waals surface area contributed by atoms with Gasteiger partial charge in [0.25, 0.3) is 11.8 Å². The maximum atomic E-state index is 12.9.